The van der Waals surface area contributed by atoms with Crippen molar-refractivity contribution >= 4 is 39.4 Å². The van der Waals surface area contributed by atoms with Crippen LogP contribution in [0.5, 0.6) is 0 Å². The fourth-order valence-electron chi connectivity index (χ4n) is 3.10. The SMILES string of the molecule is CC(=O)SCc1cc(CSC(C)=O)cc(-c2ccc(-c3ccc([N+](=O)[O-])cc3)cc2)c1. The molecule has 0 aliphatic heterocycles. The number of hydrogen-bond donors (Lipinski definition) is 0. The second-order valence-electron chi connectivity index (χ2n) is 6.98. The summed E-state index contributed by atoms with van der Waals surface area (Å²) in [5.41, 5.74) is 6.06. The minimum Gasteiger partial charge on any atom is -0.288 e. The first-order chi connectivity index (χ1) is 14.8. The maximum Gasteiger partial charge on any atom is 0.269 e. The van der Waals surface area contributed by atoms with E-state index in [1.165, 1.54) is 35.7 Å². The molecule has 158 valence electrons. The maximum absolute atomic E-state index is 11.4. The summed E-state index contributed by atoms with van der Waals surface area (Å²) < 4.78 is 0. The van der Waals surface area contributed by atoms with Gasteiger partial charge in [-0.1, -0.05) is 66.0 Å². The number of nitrogens with zero attached hydrogens (tertiary/aromatic N) is 1. The van der Waals surface area contributed by atoms with Crippen LogP contribution in [0.15, 0.2) is 66.7 Å². The zero-order valence-electron chi connectivity index (χ0n) is 17.2. The monoisotopic (exact) mass is 451 g/mol. The number of rotatable bonds is 7. The molecule has 0 aliphatic rings. The van der Waals surface area contributed by atoms with Gasteiger partial charge < -0.3 is 0 Å². The molecule has 5 nitrogen and oxygen atoms in total. The van der Waals surface area contributed by atoms with Crippen LogP contribution in [0.4, 0.5) is 5.69 Å². The molecule has 0 spiro atoms. The van der Waals surface area contributed by atoms with Gasteiger partial charge in [0.1, 0.15) is 0 Å². The van der Waals surface area contributed by atoms with Crippen LogP contribution < -0.4 is 0 Å². The fraction of sp³-hybridized carbons (Fsp3) is 0.167. The molecule has 3 aromatic rings. The van der Waals surface area contributed by atoms with E-state index in [-0.39, 0.29) is 15.9 Å². The molecule has 0 N–H and O–H groups in total. The Morgan fingerprint density at radius 2 is 1.10 bits per heavy atom. The number of thioether (sulfide) groups is 2. The molecule has 3 rings (SSSR count). The molecule has 0 heterocycles. The molecule has 0 unspecified atom stereocenters. The first-order valence-electron chi connectivity index (χ1n) is 9.56. The molecule has 0 saturated heterocycles. The number of carbonyl (C=O) groups excluding carboxylic acids is 2. The minimum absolute atomic E-state index is 0.0663. The third kappa shape index (κ3) is 6.54. The van der Waals surface area contributed by atoms with Gasteiger partial charge in [-0.05, 0) is 45.5 Å². The third-order valence-corrected chi connectivity index (χ3v) is 6.33. The minimum atomic E-state index is -0.410. The first kappa shape index (κ1) is 22.8. The predicted octanol–water partition coefficient (Wildman–Crippen LogP) is 6.49. The summed E-state index contributed by atoms with van der Waals surface area (Å²) in [5, 5.41) is 11.0. The lowest BCUT2D eigenvalue weighted by Gasteiger charge is -2.10. The van der Waals surface area contributed by atoms with Gasteiger partial charge in [0.05, 0.1) is 4.92 Å². The molecular formula is C24H21NO4S2. The zero-order chi connectivity index (χ0) is 22.4. The highest BCUT2D eigenvalue weighted by Crippen LogP contribution is 2.29. The van der Waals surface area contributed by atoms with Crippen LogP contribution in [0.1, 0.15) is 25.0 Å². The average Bonchev–Trinajstić information content (AvgIpc) is 2.76. The van der Waals surface area contributed by atoms with E-state index in [4.69, 9.17) is 0 Å². The van der Waals surface area contributed by atoms with Gasteiger partial charge >= 0.3 is 0 Å². The van der Waals surface area contributed by atoms with Crippen LogP contribution in [0.3, 0.4) is 0 Å². The maximum atomic E-state index is 11.4. The van der Waals surface area contributed by atoms with E-state index in [2.05, 4.69) is 12.1 Å². The lowest BCUT2D eigenvalue weighted by Crippen LogP contribution is -1.93. The van der Waals surface area contributed by atoms with Gasteiger partial charge in [-0.25, -0.2) is 0 Å². The summed E-state index contributed by atoms with van der Waals surface area (Å²) in [6.07, 6.45) is 0. The van der Waals surface area contributed by atoms with E-state index >= 15 is 0 Å². The number of nitro groups is 1. The van der Waals surface area contributed by atoms with Crippen molar-refractivity contribution < 1.29 is 14.5 Å². The summed E-state index contributed by atoms with van der Waals surface area (Å²) >= 11 is 2.53. The number of benzene rings is 3. The molecule has 7 heteroatoms. The van der Waals surface area contributed by atoms with Crippen molar-refractivity contribution in [2.24, 2.45) is 0 Å². The van der Waals surface area contributed by atoms with Gasteiger partial charge in [0.2, 0.25) is 0 Å². The highest BCUT2D eigenvalue weighted by Gasteiger charge is 2.09. The van der Waals surface area contributed by atoms with Crippen molar-refractivity contribution in [3.05, 3.63) is 88.0 Å². The van der Waals surface area contributed by atoms with Gasteiger partial charge in [0.25, 0.3) is 5.69 Å². The Bertz CT molecular complexity index is 1070. The van der Waals surface area contributed by atoms with Gasteiger partial charge in [0.15, 0.2) is 10.2 Å². The Balaban J connectivity index is 1.88. The molecule has 0 atom stereocenters. The third-order valence-electron chi connectivity index (χ3n) is 4.57. The van der Waals surface area contributed by atoms with Gasteiger partial charge in [-0.15, -0.1) is 0 Å². The highest BCUT2D eigenvalue weighted by atomic mass is 32.2. The zero-order valence-corrected chi connectivity index (χ0v) is 18.8. The van der Waals surface area contributed by atoms with Crippen LogP contribution in [-0.4, -0.2) is 15.2 Å². The first-order valence-corrected chi connectivity index (χ1v) is 11.5. The molecule has 3 aromatic carbocycles. The molecule has 0 radical (unpaired) electrons. The Morgan fingerprint density at radius 1 is 0.710 bits per heavy atom. The number of nitro benzene ring substituents is 1. The van der Waals surface area contributed by atoms with Crippen molar-refractivity contribution in [3.8, 4) is 22.3 Å². The standard InChI is InChI=1S/C24H21NO4S2/c1-16(26)30-14-18-11-19(15-31-17(2)27)13-23(12-18)22-5-3-20(4-6-22)21-7-9-24(10-8-21)25(28)29/h3-13H,14-15H2,1-2H3. The Kier molecular flexibility index (Phi) is 7.65. The Hall–Kier alpha value is -2.90. The van der Waals surface area contributed by atoms with Crippen molar-refractivity contribution in [2.45, 2.75) is 25.4 Å². The molecule has 0 bridgehead atoms. The van der Waals surface area contributed by atoms with E-state index < -0.39 is 4.92 Å². The molecule has 0 amide bonds. The summed E-state index contributed by atoms with van der Waals surface area (Å²) in [7, 11) is 0. The van der Waals surface area contributed by atoms with Crippen LogP contribution >= 0.6 is 23.5 Å². The van der Waals surface area contributed by atoms with E-state index in [1.54, 1.807) is 26.0 Å². The van der Waals surface area contributed by atoms with E-state index in [0.29, 0.717) is 11.5 Å². The topological polar surface area (TPSA) is 77.3 Å². The molecular weight excluding hydrogens is 430 g/mol. The molecule has 0 fully saturated rings. The molecule has 0 saturated carbocycles. The summed E-state index contributed by atoms with van der Waals surface area (Å²) in [5.74, 6) is 1.17. The predicted molar refractivity (Wildman–Crippen MR) is 128 cm³/mol. The van der Waals surface area contributed by atoms with Crippen LogP contribution in [-0.2, 0) is 21.1 Å². The second-order valence-corrected chi connectivity index (χ2v) is 9.28. The summed E-state index contributed by atoms with van der Waals surface area (Å²) in [4.78, 5) is 33.2. The van der Waals surface area contributed by atoms with Gasteiger partial charge in [-0.2, -0.15) is 0 Å². The molecule has 0 aliphatic carbocycles. The number of hydrogen-bond acceptors (Lipinski definition) is 6. The summed E-state index contributed by atoms with van der Waals surface area (Å²) in [6, 6.07) is 20.6. The lowest BCUT2D eigenvalue weighted by atomic mass is 9.98. The normalized spacial score (nSPS) is 10.6. The Labute approximate surface area is 189 Å². The second kappa shape index (κ2) is 10.4. The van der Waals surface area contributed by atoms with Gasteiger partial charge in [0, 0.05) is 37.5 Å². The van der Waals surface area contributed by atoms with Crippen molar-refractivity contribution in [1.82, 2.24) is 0 Å². The van der Waals surface area contributed by atoms with E-state index in [0.717, 1.165) is 33.4 Å². The fourth-order valence-corrected chi connectivity index (χ4v) is 4.17. The van der Waals surface area contributed by atoms with Crippen molar-refractivity contribution in [2.75, 3.05) is 0 Å². The molecule has 0 aromatic heterocycles. The van der Waals surface area contributed by atoms with Crippen LogP contribution in [0.25, 0.3) is 22.3 Å². The van der Waals surface area contributed by atoms with E-state index in [9.17, 15) is 19.7 Å². The summed E-state index contributed by atoms with van der Waals surface area (Å²) in [6.45, 7) is 3.11. The van der Waals surface area contributed by atoms with E-state index in [1.807, 2.05) is 30.3 Å². The van der Waals surface area contributed by atoms with Crippen LogP contribution in [0.2, 0.25) is 0 Å². The average molecular weight is 452 g/mol. The van der Waals surface area contributed by atoms with Crippen molar-refractivity contribution in [3.63, 3.8) is 0 Å². The lowest BCUT2D eigenvalue weighted by molar-refractivity contribution is -0.384. The molecule has 31 heavy (non-hydrogen) atoms. The smallest absolute Gasteiger partial charge is 0.269 e. The largest absolute Gasteiger partial charge is 0.288 e. The number of carbonyl (C=O) groups is 2. The van der Waals surface area contributed by atoms with Gasteiger partial charge in [-0.3, -0.25) is 19.7 Å². The quantitative estimate of drug-likeness (QED) is 0.302. The van der Waals surface area contributed by atoms with Crippen LogP contribution in [0, 0.1) is 10.1 Å². The number of non-ortho nitro benzene ring substituents is 1. The Morgan fingerprint density at radius 3 is 1.48 bits per heavy atom. The highest BCUT2D eigenvalue weighted by molar-refractivity contribution is 8.13. The van der Waals surface area contributed by atoms with Crippen molar-refractivity contribution in [1.29, 1.82) is 0 Å².